The summed E-state index contributed by atoms with van der Waals surface area (Å²) in [5.41, 5.74) is 3.75. The van der Waals surface area contributed by atoms with E-state index in [2.05, 4.69) is 9.97 Å². The van der Waals surface area contributed by atoms with Crippen LogP contribution in [0.2, 0.25) is 0 Å². The van der Waals surface area contributed by atoms with Crippen molar-refractivity contribution in [2.24, 2.45) is 0 Å². The van der Waals surface area contributed by atoms with E-state index in [4.69, 9.17) is 9.47 Å². The highest BCUT2D eigenvalue weighted by Gasteiger charge is 2.29. The van der Waals surface area contributed by atoms with Crippen molar-refractivity contribution < 1.29 is 27.8 Å². The molecule has 0 saturated heterocycles. The maximum absolute atomic E-state index is 13.7. The highest BCUT2D eigenvalue weighted by molar-refractivity contribution is 7.92. The van der Waals surface area contributed by atoms with Crippen molar-refractivity contribution in [1.82, 2.24) is 9.97 Å². The number of hydrogen-bond acceptors (Lipinski definition) is 8. The van der Waals surface area contributed by atoms with Gasteiger partial charge in [-0.2, -0.15) is 0 Å². The lowest BCUT2D eigenvalue weighted by Crippen LogP contribution is -2.34. The largest absolute Gasteiger partial charge is 0.465 e. The van der Waals surface area contributed by atoms with Crippen LogP contribution in [0, 0.1) is 13.8 Å². The van der Waals surface area contributed by atoms with Crippen molar-refractivity contribution in [2.45, 2.75) is 31.8 Å². The number of aliphatic hydroxyl groups is 1. The lowest BCUT2D eigenvalue weighted by atomic mass is 9.99. The molecule has 1 N–H and O–H groups in total. The van der Waals surface area contributed by atoms with Crippen LogP contribution in [0.25, 0.3) is 17.3 Å². The quantitative estimate of drug-likeness (QED) is 0.341. The first kappa shape index (κ1) is 27.0. The first-order valence-electron chi connectivity index (χ1n) is 11.1. The molecule has 1 atom stereocenters. The van der Waals surface area contributed by atoms with Gasteiger partial charge in [0.05, 0.1) is 35.1 Å². The van der Waals surface area contributed by atoms with Crippen LogP contribution in [0.15, 0.2) is 59.5 Å². The Balaban J connectivity index is 2.23. The zero-order chi connectivity index (χ0) is 26.5. The Morgan fingerprint density at radius 1 is 1.08 bits per heavy atom. The fourth-order valence-corrected chi connectivity index (χ4v) is 4.94. The van der Waals surface area contributed by atoms with Gasteiger partial charge in [-0.25, -0.2) is 27.5 Å². The van der Waals surface area contributed by atoms with E-state index in [-0.39, 0.29) is 23.1 Å². The average molecular weight is 512 g/mol. The molecule has 0 unspecified atom stereocenters. The first-order valence-corrected chi connectivity index (χ1v) is 12.5. The molecular formula is C26H29N3O6S. The van der Waals surface area contributed by atoms with Gasteiger partial charge in [0.1, 0.15) is 6.73 Å². The van der Waals surface area contributed by atoms with Crippen LogP contribution >= 0.6 is 0 Å². The molecule has 9 nitrogen and oxygen atoms in total. The Morgan fingerprint density at radius 3 is 2.36 bits per heavy atom. The van der Waals surface area contributed by atoms with Gasteiger partial charge in [-0.1, -0.05) is 30.3 Å². The number of benzene rings is 2. The molecule has 1 heterocycles. The molecule has 3 aromatic rings. The summed E-state index contributed by atoms with van der Waals surface area (Å²) in [6.45, 7) is 5.11. The molecule has 190 valence electrons. The molecule has 2 aromatic carbocycles. The van der Waals surface area contributed by atoms with E-state index < -0.39 is 22.1 Å². The zero-order valence-electron chi connectivity index (χ0n) is 20.8. The minimum absolute atomic E-state index is 0.0849. The lowest BCUT2D eigenvalue weighted by Gasteiger charge is -2.23. The zero-order valence-corrected chi connectivity index (χ0v) is 21.6. The van der Waals surface area contributed by atoms with Crippen LogP contribution in [0.1, 0.15) is 34.1 Å². The number of hydrogen-bond donors (Lipinski definition) is 1. The van der Waals surface area contributed by atoms with Gasteiger partial charge < -0.3 is 14.6 Å². The van der Waals surface area contributed by atoms with E-state index in [1.165, 1.54) is 44.6 Å². The second kappa shape index (κ2) is 11.4. The molecule has 0 aliphatic heterocycles. The Kier molecular flexibility index (Phi) is 8.57. The molecule has 0 fully saturated rings. The number of esters is 1. The number of carbonyl (C=O) groups excluding carboxylic acids is 1. The van der Waals surface area contributed by atoms with Gasteiger partial charge in [0.25, 0.3) is 10.0 Å². The maximum Gasteiger partial charge on any atom is 0.337 e. The Morgan fingerprint density at radius 2 is 1.75 bits per heavy atom. The molecule has 0 aliphatic carbocycles. The van der Waals surface area contributed by atoms with Gasteiger partial charge in [0.2, 0.25) is 5.95 Å². The summed E-state index contributed by atoms with van der Waals surface area (Å²) in [5, 5.41) is 9.73. The first-order chi connectivity index (χ1) is 17.1. The number of methoxy groups -OCH3 is 2. The monoisotopic (exact) mass is 511 g/mol. The van der Waals surface area contributed by atoms with Gasteiger partial charge in [0.15, 0.2) is 0 Å². The van der Waals surface area contributed by atoms with Crippen molar-refractivity contribution in [3.05, 3.63) is 77.0 Å². The van der Waals surface area contributed by atoms with Gasteiger partial charge in [-0.05, 0) is 62.2 Å². The number of anilines is 1. The maximum atomic E-state index is 13.7. The summed E-state index contributed by atoms with van der Waals surface area (Å²) >= 11 is 0. The van der Waals surface area contributed by atoms with E-state index in [0.29, 0.717) is 11.4 Å². The molecule has 0 amide bonds. The molecule has 0 saturated carbocycles. The predicted octanol–water partition coefficient (Wildman–Crippen LogP) is 3.74. The third-order valence-corrected chi connectivity index (χ3v) is 7.03. The number of carbonyl (C=O) groups is 1. The summed E-state index contributed by atoms with van der Waals surface area (Å²) < 4.78 is 38.3. The van der Waals surface area contributed by atoms with E-state index in [0.717, 1.165) is 21.0 Å². The fourth-order valence-electron chi connectivity index (χ4n) is 3.61. The van der Waals surface area contributed by atoms with Gasteiger partial charge in [-0.15, -0.1) is 0 Å². The van der Waals surface area contributed by atoms with E-state index >= 15 is 0 Å². The number of rotatable bonds is 9. The van der Waals surface area contributed by atoms with E-state index in [1.54, 1.807) is 19.1 Å². The van der Waals surface area contributed by atoms with Crippen LogP contribution in [0.4, 0.5) is 5.95 Å². The van der Waals surface area contributed by atoms with Crippen LogP contribution in [0.3, 0.4) is 0 Å². The van der Waals surface area contributed by atoms with Crippen molar-refractivity contribution >= 4 is 28.0 Å². The van der Waals surface area contributed by atoms with Crippen LogP contribution in [0.5, 0.6) is 0 Å². The van der Waals surface area contributed by atoms with Crippen molar-refractivity contribution in [1.29, 1.82) is 0 Å². The van der Waals surface area contributed by atoms with Crippen LogP contribution in [-0.4, -0.2) is 56.5 Å². The van der Waals surface area contributed by atoms with E-state index in [1.807, 2.05) is 32.0 Å². The van der Waals surface area contributed by atoms with Gasteiger partial charge >= 0.3 is 5.97 Å². The van der Waals surface area contributed by atoms with Gasteiger partial charge in [0, 0.05) is 12.7 Å². The molecule has 1 aromatic heterocycles. The minimum atomic E-state index is -4.25. The van der Waals surface area contributed by atoms with Crippen LogP contribution < -0.4 is 4.31 Å². The molecular weight excluding hydrogens is 482 g/mol. The molecule has 0 radical (unpaired) electrons. The van der Waals surface area contributed by atoms with Crippen LogP contribution in [-0.2, 0) is 19.5 Å². The van der Waals surface area contributed by atoms with E-state index in [9.17, 15) is 18.3 Å². The number of sulfonamides is 1. The number of aliphatic hydroxyl groups excluding tert-OH is 1. The van der Waals surface area contributed by atoms with Crippen molar-refractivity contribution in [3.63, 3.8) is 0 Å². The highest BCUT2D eigenvalue weighted by Crippen LogP contribution is 2.30. The normalized spacial score (nSPS) is 12.5. The number of aryl methyl sites for hydroxylation is 2. The molecule has 0 spiro atoms. The molecule has 10 heteroatoms. The Bertz CT molecular complexity index is 1370. The Hall–Kier alpha value is -3.60. The minimum Gasteiger partial charge on any atom is -0.465 e. The third kappa shape index (κ3) is 5.96. The molecule has 3 rings (SSSR count). The third-order valence-electron chi connectivity index (χ3n) is 5.33. The molecule has 0 bridgehead atoms. The SMILES string of the molecule is COCN(c1nc(/C=C/[C@H](C)O)cc(-c2c(C)cccc2C)n1)S(=O)(=O)c1cccc(C(=O)OC)c1. The number of nitrogens with zero attached hydrogens (tertiary/aromatic N) is 3. The highest BCUT2D eigenvalue weighted by atomic mass is 32.2. The molecule has 36 heavy (non-hydrogen) atoms. The predicted molar refractivity (Wildman–Crippen MR) is 137 cm³/mol. The standard InChI is InChI=1S/C26H29N3O6S/c1-17-8-6-9-18(2)24(17)23-15-21(13-12-19(3)30)27-26(28-23)29(16-34-4)36(32,33)22-11-7-10-20(14-22)25(31)35-5/h6-15,19,30H,16H2,1-5H3/b13-12+/t19-/m0/s1. The summed E-state index contributed by atoms with van der Waals surface area (Å²) in [5.74, 6) is -0.783. The second-order valence-electron chi connectivity index (χ2n) is 8.14. The van der Waals surface area contributed by atoms with Crippen molar-refractivity contribution in [2.75, 3.05) is 25.3 Å². The topological polar surface area (TPSA) is 119 Å². The number of aromatic nitrogens is 2. The second-order valence-corrected chi connectivity index (χ2v) is 10.00. The Labute approximate surface area is 211 Å². The summed E-state index contributed by atoms with van der Waals surface area (Å²) in [4.78, 5) is 20.9. The van der Waals surface area contributed by atoms with Crippen molar-refractivity contribution in [3.8, 4) is 11.3 Å². The number of ether oxygens (including phenoxy) is 2. The summed E-state index contributed by atoms with van der Waals surface area (Å²) in [6.07, 6.45) is 2.41. The van der Waals surface area contributed by atoms with Gasteiger partial charge in [-0.3, -0.25) is 0 Å². The summed E-state index contributed by atoms with van der Waals surface area (Å²) in [6, 6.07) is 13.1. The average Bonchev–Trinajstić information content (AvgIpc) is 2.85. The smallest absolute Gasteiger partial charge is 0.337 e. The summed E-state index contributed by atoms with van der Waals surface area (Å²) in [7, 11) is -1.67. The molecule has 0 aliphatic rings. The fraction of sp³-hybridized carbons (Fsp3) is 0.269. The lowest BCUT2D eigenvalue weighted by molar-refractivity contribution is 0.0600.